The van der Waals surface area contributed by atoms with Crippen LogP contribution in [0.2, 0.25) is 0 Å². The summed E-state index contributed by atoms with van der Waals surface area (Å²) in [6.07, 6.45) is 1.18. The van der Waals surface area contributed by atoms with Crippen LogP contribution in [0, 0.1) is 11.3 Å². The maximum absolute atomic E-state index is 8.84. The van der Waals surface area contributed by atoms with E-state index in [9.17, 15) is 0 Å². The van der Waals surface area contributed by atoms with Gasteiger partial charge in [0.05, 0.1) is 23.3 Å². The summed E-state index contributed by atoms with van der Waals surface area (Å²) in [5.41, 5.74) is 1.63. The van der Waals surface area contributed by atoms with Gasteiger partial charge in [-0.25, -0.2) is 0 Å². The predicted octanol–water partition coefficient (Wildman–Crippen LogP) is 2.54. The van der Waals surface area contributed by atoms with Gasteiger partial charge in [0.1, 0.15) is 0 Å². The minimum Gasteiger partial charge on any atom is -0.377 e. The van der Waals surface area contributed by atoms with Gasteiger partial charge >= 0.3 is 0 Å². The highest BCUT2D eigenvalue weighted by molar-refractivity contribution is 5.51. The Hall–Kier alpha value is -1.53. The summed E-state index contributed by atoms with van der Waals surface area (Å²) in [6.45, 7) is 5.03. The Balaban J connectivity index is 2.17. The van der Waals surface area contributed by atoms with Gasteiger partial charge in [-0.05, 0) is 38.5 Å². The summed E-state index contributed by atoms with van der Waals surface area (Å²) in [7, 11) is 0. The highest BCUT2D eigenvalue weighted by atomic mass is 16.5. The van der Waals surface area contributed by atoms with Crippen molar-refractivity contribution in [1.82, 2.24) is 0 Å². The number of ether oxygens (including phenoxy) is 1. The van der Waals surface area contributed by atoms with Crippen molar-refractivity contribution in [2.45, 2.75) is 31.9 Å². The molecule has 3 nitrogen and oxygen atoms in total. The lowest BCUT2D eigenvalue weighted by atomic mass is 9.94. The van der Waals surface area contributed by atoms with E-state index in [0.717, 1.165) is 18.7 Å². The van der Waals surface area contributed by atoms with Crippen LogP contribution in [0.15, 0.2) is 24.3 Å². The number of nitrogens with one attached hydrogen (secondary N) is 1. The number of hydrogen-bond donors (Lipinski definition) is 1. The first-order chi connectivity index (χ1) is 7.64. The number of hydrogen-bond acceptors (Lipinski definition) is 3. The van der Waals surface area contributed by atoms with Gasteiger partial charge in [-0.2, -0.15) is 5.26 Å². The van der Waals surface area contributed by atoms with Gasteiger partial charge in [-0.3, -0.25) is 0 Å². The first-order valence-corrected chi connectivity index (χ1v) is 5.54. The van der Waals surface area contributed by atoms with E-state index in [1.54, 1.807) is 0 Å². The molecule has 1 saturated heterocycles. The van der Waals surface area contributed by atoms with Gasteiger partial charge in [0.2, 0.25) is 0 Å². The molecular weight excluding hydrogens is 200 g/mol. The van der Waals surface area contributed by atoms with Crippen LogP contribution in [0.3, 0.4) is 0 Å². The summed E-state index contributed by atoms with van der Waals surface area (Å²) < 4.78 is 5.57. The van der Waals surface area contributed by atoms with Gasteiger partial charge in [-0.15, -0.1) is 0 Å². The average Bonchev–Trinajstić information content (AvgIpc) is 2.59. The van der Waals surface area contributed by atoms with Crippen molar-refractivity contribution in [3.8, 4) is 6.07 Å². The molecule has 2 atom stereocenters. The van der Waals surface area contributed by atoms with E-state index >= 15 is 0 Å². The molecule has 1 heterocycles. The minimum atomic E-state index is -0.0337. The molecule has 0 amide bonds. The van der Waals surface area contributed by atoms with Gasteiger partial charge < -0.3 is 10.1 Å². The van der Waals surface area contributed by atoms with Crippen LogP contribution in [0.25, 0.3) is 0 Å². The third-order valence-electron chi connectivity index (χ3n) is 3.31. The molecule has 1 aliphatic heterocycles. The lowest BCUT2D eigenvalue weighted by Crippen LogP contribution is -2.41. The number of benzene rings is 1. The molecule has 1 fully saturated rings. The fourth-order valence-corrected chi connectivity index (χ4v) is 2.00. The maximum atomic E-state index is 8.84. The zero-order valence-corrected chi connectivity index (χ0v) is 9.66. The molecule has 0 spiro atoms. The van der Waals surface area contributed by atoms with Gasteiger partial charge in [0.15, 0.2) is 0 Å². The van der Waals surface area contributed by atoms with E-state index in [-0.39, 0.29) is 11.6 Å². The second-order valence-electron chi connectivity index (χ2n) is 4.50. The van der Waals surface area contributed by atoms with Gasteiger partial charge in [-0.1, -0.05) is 6.07 Å². The zero-order valence-electron chi connectivity index (χ0n) is 9.66. The van der Waals surface area contributed by atoms with E-state index in [1.807, 2.05) is 24.3 Å². The van der Waals surface area contributed by atoms with Crippen LogP contribution in [0.1, 0.15) is 25.8 Å². The molecule has 3 heteroatoms. The fraction of sp³-hybridized carbons (Fsp3) is 0.462. The minimum absolute atomic E-state index is 0.0337. The maximum Gasteiger partial charge on any atom is 0.0992 e. The molecule has 0 aliphatic carbocycles. The predicted molar refractivity (Wildman–Crippen MR) is 63.2 cm³/mol. The molecule has 2 unspecified atom stereocenters. The molecule has 0 saturated carbocycles. The summed E-state index contributed by atoms with van der Waals surface area (Å²) >= 11 is 0. The van der Waals surface area contributed by atoms with Crippen LogP contribution in [0.5, 0.6) is 0 Å². The van der Waals surface area contributed by atoms with Crippen molar-refractivity contribution < 1.29 is 4.74 Å². The molecule has 0 radical (unpaired) electrons. The van der Waals surface area contributed by atoms with Gasteiger partial charge in [0, 0.05) is 12.3 Å². The fourth-order valence-electron chi connectivity index (χ4n) is 2.00. The Bertz CT molecular complexity index is 424. The highest BCUT2D eigenvalue weighted by Crippen LogP contribution is 2.29. The second kappa shape index (κ2) is 4.15. The zero-order chi connectivity index (χ0) is 11.6. The van der Waals surface area contributed by atoms with Crippen LogP contribution < -0.4 is 5.32 Å². The number of nitrogens with zero attached hydrogens (tertiary/aromatic N) is 1. The monoisotopic (exact) mass is 216 g/mol. The van der Waals surface area contributed by atoms with Crippen LogP contribution in [-0.2, 0) is 4.74 Å². The molecular formula is C13H16N2O. The van der Waals surface area contributed by atoms with E-state index in [2.05, 4.69) is 25.2 Å². The van der Waals surface area contributed by atoms with Crippen LogP contribution in [0.4, 0.5) is 5.69 Å². The molecule has 0 bridgehead atoms. The van der Waals surface area contributed by atoms with Crippen molar-refractivity contribution in [3.05, 3.63) is 29.8 Å². The smallest absolute Gasteiger partial charge is 0.0992 e. The lowest BCUT2D eigenvalue weighted by Gasteiger charge is -2.30. The summed E-state index contributed by atoms with van der Waals surface area (Å²) in [4.78, 5) is 0. The molecule has 1 aliphatic rings. The third-order valence-corrected chi connectivity index (χ3v) is 3.31. The molecule has 0 aromatic heterocycles. The van der Waals surface area contributed by atoms with E-state index in [1.165, 1.54) is 0 Å². The van der Waals surface area contributed by atoms with Crippen molar-refractivity contribution in [2.75, 3.05) is 11.9 Å². The average molecular weight is 216 g/mol. The Morgan fingerprint density at radius 2 is 2.38 bits per heavy atom. The molecule has 84 valence electrons. The Labute approximate surface area is 96.0 Å². The SMILES string of the molecule is CC1OCCC1(C)Nc1cccc(C#N)c1. The van der Waals surface area contributed by atoms with E-state index < -0.39 is 0 Å². The van der Waals surface area contributed by atoms with Crippen LogP contribution >= 0.6 is 0 Å². The van der Waals surface area contributed by atoms with Crippen LogP contribution in [-0.4, -0.2) is 18.2 Å². The molecule has 1 N–H and O–H groups in total. The highest BCUT2D eigenvalue weighted by Gasteiger charge is 2.36. The summed E-state index contributed by atoms with van der Waals surface area (Å²) in [5.74, 6) is 0. The topological polar surface area (TPSA) is 45.0 Å². The van der Waals surface area contributed by atoms with Crippen molar-refractivity contribution in [3.63, 3.8) is 0 Å². The first kappa shape index (κ1) is 11.0. The molecule has 2 rings (SSSR count). The molecule has 1 aromatic carbocycles. The van der Waals surface area contributed by atoms with E-state index in [0.29, 0.717) is 5.56 Å². The summed E-state index contributed by atoms with van der Waals surface area (Å²) in [5, 5.41) is 12.3. The van der Waals surface area contributed by atoms with Crippen molar-refractivity contribution in [1.29, 1.82) is 5.26 Å². The quantitative estimate of drug-likeness (QED) is 0.826. The van der Waals surface area contributed by atoms with E-state index in [4.69, 9.17) is 10.00 Å². The number of anilines is 1. The largest absolute Gasteiger partial charge is 0.377 e. The second-order valence-corrected chi connectivity index (χ2v) is 4.50. The molecule has 1 aromatic rings. The first-order valence-electron chi connectivity index (χ1n) is 5.54. The Morgan fingerprint density at radius 3 is 3.00 bits per heavy atom. The standard InChI is InChI=1S/C13H16N2O/c1-10-13(2,6-7-16-10)15-12-5-3-4-11(8-12)9-14/h3-5,8,10,15H,6-7H2,1-2H3. The lowest BCUT2D eigenvalue weighted by molar-refractivity contribution is 0.105. The van der Waals surface area contributed by atoms with Crippen molar-refractivity contribution >= 4 is 5.69 Å². The summed E-state index contributed by atoms with van der Waals surface area (Å²) in [6, 6.07) is 9.70. The Morgan fingerprint density at radius 1 is 1.56 bits per heavy atom. The number of nitriles is 1. The van der Waals surface area contributed by atoms with Crippen molar-refractivity contribution in [2.24, 2.45) is 0 Å². The third kappa shape index (κ3) is 2.02. The Kier molecular flexibility index (Phi) is 2.84. The number of rotatable bonds is 2. The van der Waals surface area contributed by atoms with Gasteiger partial charge in [0.25, 0.3) is 0 Å². The normalized spacial score (nSPS) is 28.7. The molecule has 16 heavy (non-hydrogen) atoms.